The van der Waals surface area contributed by atoms with Crippen LogP contribution < -0.4 is 5.32 Å². The molecule has 0 spiro atoms. The van der Waals surface area contributed by atoms with Crippen molar-refractivity contribution in [3.63, 3.8) is 0 Å². The summed E-state index contributed by atoms with van der Waals surface area (Å²) in [6.45, 7) is 9.34. The fourth-order valence-corrected chi connectivity index (χ4v) is 4.21. The van der Waals surface area contributed by atoms with Gasteiger partial charge in [-0.05, 0) is 31.4 Å². The Kier molecular flexibility index (Phi) is 3.29. The Morgan fingerprint density at radius 2 is 2.28 bits per heavy atom. The van der Waals surface area contributed by atoms with Crippen molar-refractivity contribution < 1.29 is 0 Å². The molecule has 98 valence electrons. The van der Waals surface area contributed by atoms with Gasteiger partial charge in [0.2, 0.25) is 0 Å². The molecule has 2 aliphatic heterocycles. The summed E-state index contributed by atoms with van der Waals surface area (Å²) in [5, 5.41) is 3.55. The molecule has 1 fully saturated rings. The van der Waals surface area contributed by atoms with Crippen molar-refractivity contribution in [2.24, 2.45) is 0 Å². The Hall–Kier alpha value is -0.670. The monoisotopic (exact) mass is 262 g/mol. The molecule has 2 heterocycles. The number of rotatable bonds is 2. The minimum Gasteiger partial charge on any atom is -0.384 e. The fourth-order valence-electron chi connectivity index (χ4n) is 3.03. The molecule has 0 unspecified atom stereocenters. The Balaban J connectivity index is 1.75. The van der Waals surface area contributed by atoms with Crippen LogP contribution in [0, 0.1) is 0 Å². The third-order valence-electron chi connectivity index (χ3n) is 3.83. The van der Waals surface area contributed by atoms with Gasteiger partial charge in [-0.15, -0.1) is 0 Å². The number of benzene rings is 1. The summed E-state index contributed by atoms with van der Waals surface area (Å²) < 4.78 is 0.406. The van der Waals surface area contributed by atoms with E-state index >= 15 is 0 Å². The van der Waals surface area contributed by atoms with E-state index in [1.165, 1.54) is 42.1 Å². The van der Waals surface area contributed by atoms with Crippen LogP contribution in [0.2, 0.25) is 0 Å². The lowest BCUT2D eigenvalue weighted by atomic mass is 10.1. The average Bonchev–Trinajstić information content (AvgIpc) is 2.77. The summed E-state index contributed by atoms with van der Waals surface area (Å²) in [4.78, 5) is 2.60. The first-order valence-electron chi connectivity index (χ1n) is 6.85. The van der Waals surface area contributed by atoms with Crippen LogP contribution >= 0.6 is 11.8 Å². The van der Waals surface area contributed by atoms with E-state index in [-0.39, 0.29) is 0 Å². The van der Waals surface area contributed by atoms with Gasteiger partial charge in [-0.25, -0.2) is 0 Å². The molecule has 2 nitrogen and oxygen atoms in total. The quantitative estimate of drug-likeness (QED) is 0.882. The normalized spacial score (nSPS) is 22.6. The third kappa shape index (κ3) is 2.52. The predicted molar refractivity (Wildman–Crippen MR) is 80.4 cm³/mol. The second-order valence-electron chi connectivity index (χ2n) is 5.95. The molecule has 18 heavy (non-hydrogen) atoms. The maximum Gasteiger partial charge on any atom is 0.0419 e. The van der Waals surface area contributed by atoms with Crippen molar-refractivity contribution in [2.75, 3.05) is 30.7 Å². The highest BCUT2D eigenvalue weighted by atomic mass is 32.2. The number of hydrogen-bond acceptors (Lipinski definition) is 3. The Bertz CT molecular complexity index is 442. The number of hydrogen-bond donors (Lipinski definition) is 1. The van der Waals surface area contributed by atoms with Crippen molar-refractivity contribution in [1.82, 2.24) is 4.90 Å². The van der Waals surface area contributed by atoms with Gasteiger partial charge < -0.3 is 5.32 Å². The second-order valence-corrected chi connectivity index (χ2v) is 7.75. The van der Waals surface area contributed by atoms with Crippen LogP contribution in [0.1, 0.15) is 25.0 Å². The number of nitrogens with zero attached hydrogens (tertiary/aromatic N) is 1. The van der Waals surface area contributed by atoms with E-state index in [9.17, 15) is 0 Å². The highest BCUT2D eigenvalue weighted by Gasteiger charge is 2.27. The number of para-hydroxylation sites is 1. The zero-order valence-electron chi connectivity index (χ0n) is 11.3. The third-order valence-corrected chi connectivity index (χ3v) is 5.13. The summed E-state index contributed by atoms with van der Waals surface area (Å²) in [6.07, 6.45) is 1.19. The zero-order chi connectivity index (χ0) is 12.6. The SMILES string of the molecule is CC1(C)CN(Cc2cccc3c2NCC3)CCS1. The molecule has 1 saturated heterocycles. The Morgan fingerprint density at radius 3 is 3.11 bits per heavy atom. The van der Waals surface area contributed by atoms with Gasteiger partial charge in [-0.2, -0.15) is 11.8 Å². The number of thioether (sulfide) groups is 1. The molecule has 1 aromatic carbocycles. The molecule has 3 heteroatoms. The van der Waals surface area contributed by atoms with Crippen molar-refractivity contribution in [2.45, 2.75) is 31.6 Å². The molecule has 1 aromatic rings. The van der Waals surface area contributed by atoms with E-state index in [4.69, 9.17) is 0 Å². The summed E-state index contributed by atoms with van der Waals surface area (Å²) in [7, 11) is 0. The van der Waals surface area contributed by atoms with Crippen LogP contribution in [0.5, 0.6) is 0 Å². The van der Waals surface area contributed by atoms with Crippen molar-refractivity contribution in [3.8, 4) is 0 Å². The van der Waals surface area contributed by atoms with Gasteiger partial charge in [0, 0.05) is 42.4 Å². The van der Waals surface area contributed by atoms with Crippen molar-refractivity contribution >= 4 is 17.4 Å². The minimum absolute atomic E-state index is 0.406. The molecule has 0 aromatic heterocycles. The average molecular weight is 262 g/mol. The van der Waals surface area contributed by atoms with Crippen LogP contribution in [0.3, 0.4) is 0 Å². The lowest BCUT2D eigenvalue weighted by Gasteiger charge is -2.37. The van der Waals surface area contributed by atoms with E-state index in [2.05, 4.69) is 54.0 Å². The first-order chi connectivity index (χ1) is 8.64. The van der Waals surface area contributed by atoms with Gasteiger partial charge >= 0.3 is 0 Å². The van der Waals surface area contributed by atoms with E-state index in [0.717, 1.165) is 13.1 Å². The molecule has 0 bridgehead atoms. The molecule has 0 atom stereocenters. The lowest BCUT2D eigenvalue weighted by Crippen LogP contribution is -2.42. The summed E-state index contributed by atoms with van der Waals surface area (Å²) in [6, 6.07) is 6.76. The summed E-state index contributed by atoms with van der Waals surface area (Å²) in [5.41, 5.74) is 4.39. The van der Waals surface area contributed by atoms with Gasteiger partial charge in [0.25, 0.3) is 0 Å². The maximum absolute atomic E-state index is 3.55. The Morgan fingerprint density at radius 1 is 1.39 bits per heavy atom. The summed E-state index contributed by atoms with van der Waals surface area (Å²) in [5.74, 6) is 1.26. The molecule has 3 rings (SSSR count). The van der Waals surface area contributed by atoms with Crippen LogP contribution in [0.15, 0.2) is 18.2 Å². The predicted octanol–water partition coefficient (Wildman–Crippen LogP) is 2.98. The summed E-state index contributed by atoms with van der Waals surface area (Å²) >= 11 is 2.10. The fraction of sp³-hybridized carbons (Fsp3) is 0.600. The molecule has 0 amide bonds. The van der Waals surface area contributed by atoms with Crippen LogP contribution in [-0.4, -0.2) is 35.0 Å². The van der Waals surface area contributed by atoms with E-state index in [1.807, 2.05) is 0 Å². The van der Waals surface area contributed by atoms with Crippen LogP contribution in [0.4, 0.5) is 5.69 Å². The maximum atomic E-state index is 3.55. The smallest absolute Gasteiger partial charge is 0.0419 e. The largest absolute Gasteiger partial charge is 0.384 e. The van der Waals surface area contributed by atoms with Gasteiger partial charge in [-0.3, -0.25) is 4.90 Å². The van der Waals surface area contributed by atoms with Crippen LogP contribution in [-0.2, 0) is 13.0 Å². The van der Waals surface area contributed by atoms with E-state index < -0.39 is 0 Å². The molecule has 0 saturated carbocycles. The topological polar surface area (TPSA) is 15.3 Å². The van der Waals surface area contributed by atoms with Gasteiger partial charge in [0.1, 0.15) is 0 Å². The molecular weight excluding hydrogens is 240 g/mol. The first-order valence-corrected chi connectivity index (χ1v) is 7.84. The molecule has 1 N–H and O–H groups in total. The highest BCUT2D eigenvalue weighted by molar-refractivity contribution is 8.00. The molecule has 0 aliphatic carbocycles. The highest BCUT2D eigenvalue weighted by Crippen LogP contribution is 2.32. The van der Waals surface area contributed by atoms with Gasteiger partial charge in [0.15, 0.2) is 0 Å². The van der Waals surface area contributed by atoms with E-state index in [0.29, 0.717) is 4.75 Å². The van der Waals surface area contributed by atoms with Gasteiger partial charge in [-0.1, -0.05) is 18.2 Å². The minimum atomic E-state index is 0.406. The van der Waals surface area contributed by atoms with Crippen molar-refractivity contribution in [1.29, 1.82) is 0 Å². The van der Waals surface area contributed by atoms with Crippen molar-refractivity contribution in [3.05, 3.63) is 29.3 Å². The van der Waals surface area contributed by atoms with Crippen LogP contribution in [0.25, 0.3) is 0 Å². The Labute approximate surface area is 114 Å². The second kappa shape index (κ2) is 4.78. The van der Waals surface area contributed by atoms with E-state index in [1.54, 1.807) is 0 Å². The number of nitrogens with one attached hydrogen (secondary N) is 1. The standard InChI is InChI=1S/C15H22N2S/c1-15(2)11-17(8-9-18-15)10-13-5-3-4-12-6-7-16-14(12)13/h3-5,16H,6-11H2,1-2H3. The zero-order valence-corrected chi connectivity index (χ0v) is 12.1. The van der Waals surface area contributed by atoms with Gasteiger partial charge in [0.05, 0.1) is 0 Å². The molecule has 2 aliphatic rings. The molecular formula is C15H22N2S. The first kappa shape index (κ1) is 12.4. The molecule has 0 radical (unpaired) electrons. The lowest BCUT2D eigenvalue weighted by molar-refractivity contribution is 0.253. The number of anilines is 1. The number of fused-ring (bicyclic) bond motifs is 1.